The third kappa shape index (κ3) is 2.86. The molecule has 1 N–H and O–H groups in total. The van der Waals surface area contributed by atoms with Crippen LogP contribution in [0.15, 0.2) is 41.1 Å². The number of nitrogens with one attached hydrogen (secondary N) is 1. The molecule has 2 atom stereocenters. The summed E-state index contributed by atoms with van der Waals surface area (Å²) in [5.74, 6) is 0.219. The van der Waals surface area contributed by atoms with Crippen LogP contribution in [-0.4, -0.2) is 29.3 Å². The van der Waals surface area contributed by atoms with Crippen molar-refractivity contribution in [3.8, 4) is 0 Å². The van der Waals surface area contributed by atoms with E-state index in [9.17, 15) is 9.59 Å². The lowest BCUT2D eigenvalue weighted by molar-refractivity contribution is -0.129. The maximum atomic E-state index is 13.3. The Morgan fingerprint density at radius 1 is 1.40 bits per heavy atom. The standard InChI is InChI=1S/C20H22N2O2S/c1-14-3-2-4-16(9-14)20(10-17-5-6-18(23)22(17)13-20)19(24)21-11-15-7-8-25-12-15/h2-4,7-9,12,17H,5-6,10-11,13H2,1H3,(H,21,24). The van der Waals surface area contributed by atoms with Crippen LogP contribution in [0.3, 0.4) is 0 Å². The van der Waals surface area contributed by atoms with Crippen molar-refractivity contribution in [2.75, 3.05) is 6.54 Å². The first-order valence-corrected chi connectivity index (χ1v) is 9.69. The Morgan fingerprint density at radius 3 is 3.00 bits per heavy atom. The van der Waals surface area contributed by atoms with Gasteiger partial charge in [-0.25, -0.2) is 0 Å². The average Bonchev–Trinajstić information content (AvgIpc) is 3.31. The van der Waals surface area contributed by atoms with Gasteiger partial charge in [0.15, 0.2) is 0 Å². The summed E-state index contributed by atoms with van der Waals surface area (Å²) in [6.45, 7) is 3.08. The Balaban J connectivity index is 1.64. The fourth-order valence-electron chi connectivity index (χ4n) is 4.17. The van der Waals surface area contributed by atoms with Gasteiger partial charge in [-0.05, 0) is 47.7 Å². The first-order valence-electron chi connectivity index (χ1n) is 8.74. The summed E-state index contributed by atoms with van der Waals surface area (Å²) >= 11 is 1.63. The molecule has 0 saturated carbocycles. The zero-order valence-corrected chi connectivity index (χ0v) is 15.1. The summed E-state index contributed by atoms with van der Waals surface area (Å²) in [7, 11) is 0. The molecule has 0 radical (unpaired) electrons. The van der Waals surface area contributed by atoms with Gasteiger partial charge in [-0.2, -0.15) is 11.3 Å². The van der Waals surface area contributed by atoms with Gasteiger partial charge in [-0.1, -0.05) is 29.8 Å². The van der Waals surface area contributed by atoms with E-state index in [4.69, 9.17) is 0 Å². The topological polar surface area (TPSA) is 49.4 Å². The number of rotatable bonds is 4. The summed E-state index contributed by atoms with van der Waals surface area (Å²) in [6.07, 6.45) is 2.20. The highest BCUT2D eigenvalue weighted by Crippen LogP contribution is 2.43. The van der Waals surface area contributed by atoms with Gasteiger partial charge in [0.25, 0.3) is 0 Å². The molecule has 2 aliphatic rings. The molecule has 2 aromatic rings. The molecule has 2 saturated heterocycles. The van der Waals surface area contributed by atoms with Gasteiger partial charge < -0.3 is 10.2 Å². The van der Waals surface area contributed by atoms with Gasteiger partial charge in [0.1, 0.15) is 0 Å². The van der Waals surface area contributed by atoms with Crippen molar-refractivity contribution < 1.29 is 9.59 Å². The number of carbonyl (C=O) groups excluding carboxylic acids is 2. The van der Waals surface area contributed by atoms with E-state index in [2.05, 4.69) is 16.8 Å². The number of hydrogen-bond donors (Lipinski definition) is 1. The highest BCUT2D eigenvalue weighted by molar-refractivity contribution is 7.07. The highest BCUT2D eigenvalue weighted by atomic mass is 32.1. The molecule has 0 spiro atoms. The van der Waals surface area contributed by atoms with Crippen LogP contribution in [0, 0.1) is 6.92 Å². The molecule has 0 aliphatic carbocycles. The first-order chi connectivity index (χ1) is 12.1. The summed E-state index contributed by atoms with van der Waals surface area (Å²) in [5, 5.41) is 7.19. The van der Waals surface area contributed by atoms with Gasteiger partial charge >= 0.3 is 0 Å². The number of fused-ring (bicyclic) bond motifs is 1. The van der Waals surface area contributed by atoms with Crippen LogP contribution in [0.2, 0.25) is 0 Å². The molecule has 130 valence electrons. The monoisotopic (exact) mass is 354 g/mol. The van der Waals surface area contributed by atoms with Crippen molar-refractivity contribution in [3.63, 3.8) is 0 Å². The molecule has 2 fully saturated rings. The van der Waals surface area contributed by atoms with Crippen molar-refractivity contribution in [2.45, 2.75) is 44.2 Å². The second-order valence-corrected chi connectivity index (χ2v) is 7.96. The second kappa shape index (κ2) is 6.30. The molecule has 2 unspecified atom stereocenters. The SMILES string of the molecule is Cc1cccc(C2(C(=O)NCc3ccsc3)CC3CCC(=O)N3C2)c1. The van der Waals surface area contributed by atoms with Gasteiger partial charge in [0.2, 0.25) is 11.8 Å². The van der Waals surface area contributed by atoms with Crippen LogP contribution in [0.5, 0.6) is 0 Å². The quantitative estimate of drug-likeness (QED) is 0.918. The first kappa shape index (κ1) is 16.3. The number of nitrogens with zero attached hydrogens (tertiary/aromatic N) is 1. The zero-order valence-electron chi connectivity index (χ0n) is 14.3. The smallest absolute Gasteiger partial charge is 0.232 e. The number of thiophene rings is 1. The Hall–Kier alpha value is -2.14. The number of hydrogen-bond acceptors (Lipinski definition) is 3. The van der Waals surface area contributed by atoms with Gasteiger partial charge in [-0.3, -0.25) is 9.59 Å². The normalized spacial score (nSPS) is 25.2. The van der Waals surface area contributed by atoms with Gasteiger partial charge in [-0.15, -0.1) is 0 Å². The van der Waals surface area contributed by atoms with Crippen molar-refractivity contribution in [1.82, 2.24) is 10.2 Å². The maximum absolute atomic E-state index is 13.3. The van der Waals surface area contributed by atoms with Crippen LogP contribution < -0.4 is 5.32 Å². The van der Waals surface area contributed by atoms with E-state index in [-0.39, 0.29) is 17.9 Å². The molecule has 1 aromatic carbocycles. The summed E-state index contributed by atoms with van der Waals surface area (Å²) in [5.41, 5.74) is 2.65. The molecule has 3 heterocycles. The van der Waals surface area contributed by atoms with Crippen LogP contribution in [0.25, 0.3) is 0 Å². The van der Waals surface area contributed by atoms with E-state index < -0.39 is 5.41 Å². The average molecular weight is 354 g/mol. The molecule has 5 heteroatoms. The molecule has 1 aromatic heterocycles. The van der Waals surface area contributed by atoms with Crippen molar-refractivity contribution in [1.29, 1.82) is 0 Å². The predicted molar refractivity (Wildman–Crippen MR) is 98.4 cm³/mol. The largest absolute Gasteiger partial charge is 0.351 e. The number of carbonyl (C=O) groups is 2. The molecule has 2 aliphatic heterocycles. The molecule has 4 rings (SSSR count). The number of benzene rings is 1. The van der Waals surface area contributed by atoms with Crippen molar-refractivity contribution >= 4 is 23.2 Å². The van der Waals surface area contributed by atoms with E-state index in [1.807, 2.05) is 41.5 Å². The van der Waals surface area contributed by atoms with Crippen LogP contribution in [0.1, 0.15) is 36.0 Å². The predicted octanol–water partition coefficient (Wildman–Crippen LogP) is 3.01. The van der Waals surface area contributed by atoms with Gasteiger partial charge in [0, 0.05) is 25.6 Å². The Labute approximate surface area is 151 Å². The molecule has 0 bridgehead atoms. The van der Waals surface area contributed by atoms with Crippen molar-refractivity contribution in [2.24, 2.45) is 0 Å². The minimum Gasteiger partial charge on any atom is -0.351 e. The lowest BCUT2D eigenvalue weighted by atomic mass is 9.76. The molecular formula is C20H22N2O2S. The third-order valence-electron chi connectivity index (χ3n) is 5.52. The highest BCUT2D eigenvalue weighted by Gasteiger charge is 2.53. The fraction of sp³-hybridized carbons (Fsp3) is 0.400. The van der Waals surface area contributed by atoms with E-state index in [0.717, 1.165) is 29.5 Å². The van der Waals surface area contributed by atoms with E-state index >= 15 is 0 Å². The lowest BCUT2D eigenvalue weighted by Gasteiger charge is -2.29. The zero-order chi connectivity index (χ0) is 17.4. The second-order valence-electron chi connectivity index (χ2n) is 7.18. The summed E-state index contributed by atoms with van der Waals surface area (Å²) < 4.78 is 0. The molecule has 25 heavy (non-hydrogen) atoms. The fourth-order valence-corrected chi connectivity index (χ4v) is 4.84. The molecule has 4 nitrogen and oxygen atoms in total. The maximum Gasteiger partial charge on any atom is 0.232 e. The van der Waals surface area contributed by atoms with Gasteiger partial charge in [0.05, 0.1) is 5.41 Å². The van der Waals surface area contributed by atoms with E-state index in [1.54, 1.807) is 11.3 Å². The summed E-state index contributed by atoms with van der Waals surface area (Å²) in [6, 6.07) is 10.4. The summed E-state index contributed by atoms with van der Waals surface area (Å²) in [4.78, 5) is 27.4. The lowest BCUT2D eigenvalue weighted by Crippen LogP contribution is -2.46. The Bertz CT molecular complexity index is 802. The number of amides is 2. The number of aryl methyl sites for hydroxylation is 1. The Morgan fingerprint density at radius 2 is 2.28 bits per heavy atom. The van der Waals surface area contributed by atoms with E-state index in [0.29, 0.717) is 19.5 Å². The Kier molecular flexibility index (Phi) is 4.12. The van der Waals surface area contributed by atoms with E-state index in [1.165, 1.54) is 0 Å². The van der Waals surface area contributed by atoms with Crippen molar-refractivity contribution in [3.05, 3.63) is 57.8 Å². The third-order valence-corrected chi connectivity index (χ3v) is 6.25. The van der Waals surface area contributed by atoms with Crippen LogP contribution >= 0.6 is 11.3 Å². The minimum absolute atomic E-state index is 0.0338. The molecular weight excluding hydrogens is 332 g/mol. The van der Waals surface area contributed by atoms with Crippen LogP contribution in [0.4, 0.5) is 0 Å². The van der Waals surface area contributed by atoms with Crippen LogP contribution in [-0.2, 0) is 21.5 Å². The molecule has 2 amide bonds. The minimum atomic E-state index is -0.636.